The first-order valence-corrected chi connectivity index (χ1v) is 7.87. The van der Waals surface area contributed by atoms with Crippen LogP contribution in [0.4, 0.5) is 0 Å². The fraction of sp³-hybridized carbons (Fsp3) is 0.938. The molecule has 19 heavy (non-hydrogen) atoms. The van der Waals surface area contributed by atoms with Crippen molar-refractivity contribution < 1.29 is 4.74 Å². The number of nitrogens with one attached hydrogen (secondary N) is 1. The lowest BCUT2D eigenvalue weighted by Crippen LogP contribution is -2.46. The topological polar surface area (TPSA) is 45.0 Å². The molecule has 0 amide bonds. The van der Waals surface area contributed by atoms with Gasteiger partial charge in [-0.15, -0.1) is 0 Å². The van der Waals surface area contributed by atoms with Gasteiger partial charge in [0.05, 0.1) is 18.3 Å². The van der Waals surface area contributed by atoms with E-state index in [9.17, 15) is 5.26 Å². The molecular formula is C16H28N2O. The Morgan fingerprint density at radius 1 is 1.26 bits per heavy atom. The van der Waals surface area contributed by atoms with Crippen molar-refractivity contribution in [1.29, 1.82) is 5.26 Å². The monoisotopic (exact) mass is 264 g/mol. The normalized spacial score (nSPS) is 39.4. The minimum Gasteiger partial charge on any atom is -0.375 e. The van der Waals surface area contributed by atoms with Gasteiger partial charge in [0.2, 0.25) is 0 Å². The molecule has 0 aromatic rings. The lowest BCUT2D eigenvalue weighted by Gasteiger charge is -2.30. The number of ether oxygens (including phenoxy) is 1. The Kier molecular flexibility index (Phi) is 4.86. The average Bonchev–Trinajstić information content (AvgIpc) is 2.72. The van der Waals surface area contributed by atoms with Gasteiger partial charge in [-0.1, -0.05) is 19.8 Å². The van der Waals surface area contributed by atoms with E-state index in [2.05, 4.69) is 32.2 Å². The van der Waals surface area contributed by atoms with Crippen LogP contribution in [0.3, 0.4) is 0 Å². The van der Waals surface area contributed by atoms with Gasteiger partial charge in [-0.2, -0.15) is 5.26 Å². The second-order valence-electron chi connectivity index (χ2n) is 6.89. The van der Waals surface area contributed by atoms with Crippen LogP contribution in [0.5, 0.6) is 0 Å². The van der Waals surface area contributed by atoms with Gasteiger partial charge in [-0.05, 0) is 45.4 Å². The van der Waals surface area contributed by atoms with Crippen LogP contribution < -0.4 is 5.32 Å². The summed E-state index contributed by atoms with van der Waals surface area (Å²) in [7, 11) is 0. The standard InChI is InChI=1S/C16H28N2O/c1-12(2)18-16(11-17)8-7-15(10-16)19-14-6-4-5-13(3)9-14/h12-15,18H,4-10H2,1-3H3. The molecule has 0 aromatic heterocycles. The minimum atomic E-state index is -0.348. The summed E-state index contributed by atoms with van der Waals surface area (Å²) in [5, 5.41) is 12.9. The van der Waals surface area contributed by atoms with E-state index in [1.54, 1.807) is 0 Å². The summed E-state index contributed by atoms with van der Waals surface area (Å²) in [6.45, 7) is 6.54. The summed E-state index contributed by atoms with van der Waals surface area (Å²) in [6, 6.07) is 2.85. The Morgan fingerprint density at radius 2 is 2.05 bits per heavy atom. The fourth-order valence-electron chi connectivity index (χ4n) is 3.71. The third-order valence-corrected chi connectivity index (χ3v) is 4.52. The van der Waals surface area contributed by atoms with Gasteiger partial charge in [-0.3, -0.25) is 5.32 Å². The van der Waals surface area contributed by atoms with E-state index in [1.807, 2.05) is 0 Å². The first-order valence-electron chi connectivity index (χ1n) is 7.87. The first-order chi connectivity index (χ1) is 9.03. The lowest BCUT2D eigenvalue weighted by atomic mass is 9.88. The van der Waals surface area contributed by atoms with Gasteiger partial charge >= 0.3 is 0 Å². The van der Waals surface area contributed by atoms with Crippen LogP contribution in [0, 0.1) is 17.2 Å². The van der Waals surface area contributed by atoms with E-state index >= 15 is 0 Å². The molecule has 1 N–H and O–H groups in total. The molecule has 108 valence electrons. The van der Waals surface area contributed by atoms with E-state index in [0.717, 1.165) is 25.2 Å². The summed E-state index contributed by atoms with van der Waals surface area (Å²) >= 11 is 0. The molecule has 2 aliphatic rings. The summed E-state index contributed by atoms with van der Waals surface area (Å²) in [6.07, 6.45) is 8.57. The molecule has 0 heterocycles. The van der Waals surface area contributed by atoms with Crippen molar-refractivity contribution in [3.05, 3.63) is 0 Å². The van der Waals surface area contributed by atoms with Crippen LogP contribution in [-0.4, -0.2) is 23.8 Å². The van der Waals surface area contributed by atoms with Crippen molar-refractivity contribution in [2.24, 2.45) is 5.92 Å². The van der Waals surface area contributed by atoms with Crippen LogP contribution in [0.1, 0.15) is 65.7 Å². The molecule has 4 atom stereocenters. The van der Waals surface area contributed by atoms with Gasteiger partial charge in [0, 0.05) is 12.5 Å². The van der Waals surface area contributed by atoms with E-state index in [1.165, 1.54) is 25.7 Å². The van der Waals surface area contributed by atoms with E-state index in [4.69, 9.17) is 4.74 Å². The maximum absolute atomic E-state index is 9.46. The maximum atomic E-state index is 9.46. The van der Waals surface area contributed by atoms with Gasteiger partial charge in [0.15, 0.2) is 0 Å². The Labute approximate surface area is 117 Å². The Balaban J connectivity index is 1.85. The van der Waals surface area contributed by atoms with Crippen molar-refractivity contribution in [3.8, 4) is 6.07 Å². The zero-order valence-electron chi connectivity index (χ0n) is 12.6. The van der Waals surface area contributed by atoms with Crippen LogP contribution in [0.15, 0.2) is 0 Å². The zero-order chi connectivity index (χ0) is 13.9. The van der Waals surface area contributed by atoms with Crippen molar-refractivity contribution in [2.45, 2.75) is 89.5 Å². The second kappa shape index (κ2) is 6.24. The summed E-state index contributed by atoms with van der Waals surface area (Å²) < 4.78 is 6.27. The number of rotatable bonds is 4. The molecule has 0 saturated heterocycles. The minimum absolute atomic E-state index is 0.279. The van der Waals surface area contributed by atoms with Crippen LogP contribution >= 0.6 is 0 Å². The number of nitrogens with zero attached hydrogens (tertiary/aromatic N) is 1. The zero-order valence-corrected chi connectivity index (χ0v) is 12.6. The van der Waals surface area contributed by atoms with E-state index < -0.39 is 0 Å². The molecule has 3 nitrogen and oxygen atoms in total. The average molecular weight is 264 g/mol. The molecule has 0 aliphatic heterocycles. The maximum Gasteiger partial charge on any atom is 0.109 e. The molecule has 0 aromatic carbocycles. The summed E-state index contributed by atoms with van der Waals surface area (Å²) in [4.78, 5) is 0. The smallest absolute Gasteiger partial charge is 0.109 e. The largest absolute Gasteiger partial charge is 0.375 e. The highest BCUT2D eigenvalue weighted by molar-refractivity contribution is 5.12. The molecule has 4 unspecified atom stereocenters. The fourth-order valence-corrected chi connectivity index (χ4v) is 3.71. The van der Waals surface area contributed by atoms with Gasteiger partial charge < -0.3 is 4.74 Å². The highest BCUT2D eigenvalue weighted by Crippen LogP contribution is 2.35. The van der Waals surface area contributed by atoms with Gasteiger partial charge in [-0.25, -0.2) is 0 Å². The molecule has 2 fully saturated rings. The molecule has 3 heteroatoms. The quantitative estimate of drug-likeness (QED) is 0.846. The van der Waals surface area contributed by atoms with Crippen LogP contribution in [0.25, 0.3) is 0 Å². The Hall–Kier alpha value is -0.590. The summed E-state index contributed by atoms with van der Waals surface area (Å²) in [5.41, 5.74) is -0.348. The van der Waals surface area contributed by atoms with Gasteiger partial charge in [0.1, 0.15) is 5.54 Å². The highest BCUT2D eigenvalue weighted by Gasteiger charge is 2.41. The molecule has 2 saturated carbocycles. The van der Waals surface area contributed by atoms with Crippen molar-refractivity contribution in [3.63, 3.8) is 0 Å². The highest BCUT2D eigenvalue weighted by atomic mass is 16.5. The first kappa shape index (κ1) is 14.8. The third kappa shape index (κ3) is 3.94. The molecule has 0 radical (unpaired) electrons. The van der Waals surface area contributed by atoms with Gasteiger partial charge in [0.25, 0.3) is 0 Å². The van der Waals surface area contributed by atoms with Crippen LogP contribution in [0.2, 0.25) is 0 Å². The molecular weight excluding hydrogens is 236 g/mol. The lowest BCUT2D eigenvalue weighted by molar-refractivity contribution is -0.0370. The predicted octanol–water partition coefficient (Wildman–Crippen LogP) is 3.39. The molecule has 2 rings (SSSR count). The second-order valence-corrected chi connectivity index (χ2v) is 6.89. The van der Waals surface area contributed by atoms with E-state index in [0.29, 0.717) is 12.1 Å². The molecule has 0 bridgehead atoms. The van der Waals surface area contributed by atoms with E-state index in [-0.39, 0.29) is 11.6 Å². The SMILES string of the molecule is CC1CCCC(OC2CCC(C#N)(NC(C)C)C2)C1. The molecule has 2 aliphatic carbocycles. The Morgan fingerprint density at radius 3 is 2.68 bits per heavy atom. The van der Waals surface area contributed by atoms with Crippen LogP contribution in [-0.2, 0) is 4.74 Å². The van der Waals surface area contributed by atoms with Crippen molar-refractivity contribution >= 4 is 0 Å². The third-order valence-electron chi connectivity index (χ3n) is 4.52. The van der Waals surface area contributed by atoms with Crippen molar-refractivity contribution in [1.82, 2.24) is 5.32 Å². The summed E-state index contributed by atoms with van der Waals surface area (Å²) in [5.74, 6) is 0.801. The molecule has 0 spiro atoms. The Bertz CT molecular complexity index is 336. The van der Waals surface area contributed by atoms with Crippen molar-refractivity contribution in [2.75, 3.05) is 0 Å². The number of hydrogen-bond donors (Lipinski definition) is 1. The number of nitriles is 1. The number of hydrogen-bond acceptors (Lipinski definition) is 3. The predicted molar refractivity (Wildman–Crippen MR) is 76.8 cm³/mol.